The van der Waals surface area contributed by atoms with E-state index < -0.39 is 35.6 Å². The number of nitrogens with one attached hydrogen (secondary N) is 1. The molecule has 1 atom stereocenters. The number of fused-ring (bicyclic) bond motifs is 1. The highest BCUT2D eigenvalue weighted by molar-refractivity contribution is 6.11. The van der Waals surface area contributed by atoms with Crippen molar-refractivity contribution >= 4 is 17.7 Å². The second-order valence-electron chi connectivity index (χ2n) is 7.08. The van der Waals surface area contributed by atoms with Crippen LogP contribution < -0.4 is 19.5 Å². The van der Waals surface area contributed by atoms with Crippen molar-refractivity contribution in [1.82, 2.24) is 10.2 Å². The number of ketones is 1. The Kier molecular flexibility index (Phi) is 4.81. The molecule has 2 aromatic carbocycles. The standard InChI is InChI=1S/C21H19FN2O6/c1-21(13-4-6-17-18(10-13)30-8-7-29-17)19(26)24(20(27)23-21)11-15(25)12-3-5-16(28-2)14(22)9-12/h3-6,9-10H,7-8,11H2,1-2H3,(H,23,27)/t21-/m0/s1. The third-order valence-corrected chi connectivity index (χ3v) is 5.17. The third kappa shape index (κ3) is 3.22. The van der Waals surface area contributed by atoms with Crippen molar-refractivity contribution < 1.29 is 33.0 Å². The Bertz CT molecular complexity index is 1060. The predicted molar refractivity (Wildman–Crippen MR) is 102 cm³/mol. The Morgan fingerprint density at radius 3 is 2.60 bits per heavy atom. The minimum atomic E-state index is -1.38. The number of imide groups is 1. The number of ether oxygens (including phenoxy) is 3. The topological polar surface area (TPSA) is 94.2 Å². The minimum Gasteiger partial charge on any atom is -0.494 e. The first-order valence-corrected chi connectivity index (χ1v) is 9.24. The zero-order chi connectivity index (χ0) is 21.5. The zero-order valence-corrected chi connectivity index (χ0v) is 16.4. The Balaban J connectivity index is 1.56. The van der Waals surface area contributed by atoms with Crippen LogP contribution in [0.15, 0.2) is 36.4 Å². The molecule has 156 valence electrons. The molecule has 2 heterocycles. The zero-order valence-electron chi connectivity index (χ0n) is 16.4. The molecular weight excluding hydrogens is 395 g/mol. The van der Waals surface area contributed by atoms with Gasteiger partial charge in [-0.1, -0.05) is 6.07 Å². The van der Waals surface area contributed by atoms with Crippen molar-refractivity contribution in [2.45, 2.75) is 12.5 Å². The summed E-state index contributed by atoms with van der Waals surface area (Å²) in [6.07, 6.45) is 0. The molecule has 0 saturated carbocycles. The first-order valence-electron chi connectivity index (χ1n) is 9.24. The maximum atomic E-state index is 13.9. The molecule has 30 heavy (non-hydrogen) atoms. The van der Waals surface area contributed by atoms with Gasteiger partial charge in [-0.25, -0.2) is 9.18 Å². The molecule has 0 unspecified atom stereocenters. The van der Waals surface area contributed by atoms with Gasteiger partial charge in [0, 0.05) is 5.56 Å². The molecule has 0 radical (unpaired) electrons. The van der Waals surface area contributed by atoms with Gasteiger partial charge in [0.05, 0.1) is 13.7 Å². The summed E-state index contributed by atoms with van der Waals surface area (Å²) in [6, 6.07) is 7.96. The quantitative estimate of drug-likeness (QED) is 0.596. The van der Waals surface area contributed by atoms with Crippen molar-refractivity contribution in [2.24, 2.45) is 0 Å². The predicted octanol–water partition coefficient (Wildman–Crippen LogP) is 2.26. The van der Waals surface area contributed by atoms with Gasteiger partial charge >= 0.3 is 6.03 Å². The van der Waals surface area contributed by atoms with E-state index in [-0.39, 0.29) is 11.3 Å². The van der Waals surface area contributed by atoms with E-state index in [0.717, 1.165) is 11.0 Å². The fourth-order valence-electron chi connectivity index (χ4n) is 3.47. The summed E-state index contributed by atoms with van der Waals surface area (Å²) >= 11 is 0. The first kappa shape index (κ1) is 19.7. The smallest absolute Gasteiger partial charge is 0.325 e. The van der Waals surface area contributed by atoms with Gasteiger partial charge in [-0.15, -0.1) is 0 Å². The Morgan fingerprint density at radius 2 is 1.90 bits per heavy atom. The maximum Gasteiger partial charge on any atom is 0.325 e. The maximum absolute atomic E-state index is 13.9. The van der Waals surface area contributed by atoms with Crippen LogP contribution in [0.1, 0.15) is 22.8 Å². The van der Waals surface area contributed by atoms with Crippen LogP contribution in [0.5, 0.6) is 17.2 Å². The van der Waals surface area contributed by atoms with Crippen molar-refractivity contribution in [3.8, 4) is 17.2 Å². The summed E-state index contributed by atoms with van der Waals surface area (Å²) in [5.41, 5.74) is -0.851. The van der Waals surface area contributed by atoms with E-state index >= 15 is 0 Å². The SMILES string of the molecule is COc1ccc(C(=O)CN2C(=O)N[C@@](C)(c3ccc4c(c3)OCCO4)C2=O)cc1F. The lowest BCUT2D eigenvalue weighted by molar-refractivity contribution is -0.130. The van der Waals surface area contributed by atoms with Crippen LogP contribution >= 0.6 is 0 Å². The van der Waals surface area contributed by atoms with Crippen molar-refractivity contribution in [2.75, 3.05) is 26.9 Å². The molecule has 1 fully saturated rings. The van der Waals surface area contributed by atoms with Crippen molar-refractivity contribution in [3.63, 3.8) is 0 Å². The lowest BCUT2D eigenvalue weighted by atomic mass is 9.91. The Morgan fingerprint density at radius 1 is 1.17 bits per heavy atom. The highest BCUT2D eigenvalue weighted by Crippen LogP contribution is 2.36. The summed E-state index contributed by atoms with van der Waals surface area (Å²) in [5, 5.41) is 2.63. The second-order valence-corrected chi connectivity index (χ2v) is 7.08. The van der Waals surface area contributed by atoms with Gasteiger partial charge in [0.25, 0.3) is 5.91 Å². The van der Waals surface area contributed by atoms with Gasteiger partial charge in [0.2, 0.25) is 0 Å². The number of amides is 3. The number of nitrogens with zero attached hydrogens (tertiary/aromatic N) is 1. The lowest BCUT2D eigenvalue weighted by Crippen LogP contribution is -2.41. The molecule has 9 heteroatoms. The third-order valence-electron chi connectivity index (χ3n) is 5.17. The number of rotatable bonds is 5. The molecule has 0 aliphatic carbocycles. The monoisotopic (exact) mass is 414 g/mol. The summed E-state index contributed by atoms with van der Waals surface area (Å²) in [7, 11) is 1.31. The number of methoxy groups -OCH3 is 1. The van der Waals surface area contributed by atoms with Gasteiger partial charge in [-0.05, 0) is 42.8 Å². The van der Waals surface area contributed by atoms with E-state index in [1.54, 1.807) is 25.1 Å². The van der Waals surface area contributed by atoms with Crippen molar-refractivity contribution in [1.29, 1.82) is 0 Å². The van der Waals surface area contributed by atoms with Crippen LogP contribution in [-0.2, 0) is 10.3 Å². The normalized spacial score (nSPS) is 20.2. The first-order chi connectivity index (χ1) is 14.3. The van der Waals surface area contributed by atoms with E-state index in [9.17, 15) is 18.8 Å². The summed E-state index contributed by atoms with van der Waals surface area (Å²) in [4.78, 5) is 38.9. The van der Waals surface area contributed by atoms with Crippen LogP contribution in [0.3, 0.4) is 0 Å². The van der Waals surface area contributed by atoms with E-state index in [0.29, 0.717) is 30.3 Å². The molecule has 0 spiro atoms. The van der Waals surface area contributed by atoms with Crippen molar-refractivity contribution in [3.05, 3.63) is 53.3 Å². The van der Waals surface area contributed by atoms with Gasteiger partial charge in [0.15, 0.2) is 28.8 Å². The fourth-order valence-corrected chi connectivity index (χ4v) is 3.47. The Labute approximate surface area is 171 Å². The molecule has 2 aromatic rings. The number of halogens is 1. The van der Waals surface area contributed by atoms with Gasteiger partial charge < -0.3 is 19.5 Å². The molecule has 2 aliphatic rings. The van der Waals surface area contributed by atoms with E-state index in [1.165, 1.54) is 19.2 Å². The van der Waals surface area contributed by atoms with Crippen LogP contribution in [0.4, 0.5) is 9.18 Å². The van der Waals surface area contributed by atoms with Crippen LogP contribution in [-0.4, -0.2) is 49.5 Å². The molecule has 1 saturated heterocycles. The van der Waals surface area contributed by atoms with E-state index in [4.69, 9.17) is 14.2 Å². The largest absolute Gasteiger partial charge is 0.494 e. The van der Waals surface area contributed by atoms with Crippen LogP contribution in [0, 0.1) is 5.82 Å². The molecule has 2 aliphatic heterocycles. The summed E-state index contributed by atoms with van der Waals surface area (Å²) in [6.45, 7) is 1.85. The van der Waals surface area contributed by atoms with E-state index in [2.05, 4.69) is 5.32 Å². The molecule has 4 rings (SSSR count). The van der Waals surface area contributed by atoms with Gasteiger partial charge in [-0.2, -0.15) is 0 Å². The molecule has 1 N–H and O–H groups in total. The second kappa shape index (κ2) is 7.33. The highest BCUT2D eigenvalue weighted by Gasteiger charge is 2.49. The lowest BCUT2D eigenvalue weighted by Gasteiger charge is -2.25. The number of carbonyl (C=O) groups excluding carboxylic acids is 3. The van der Waals surface area contributed by atoms with Crippen LogP contribution in [0.2, 0.25) is 0 Å². The summed E-state index contributed by atoms with van der Waals surface area (Å²) in [5.74, 6) is -0.850. The number of benzene rings is 2. The fraction of sp³-hybridized carbons (Fsp3) is 0.286. The highest BCUT2D eigenvalue weighted by atomic mass is 19.1. The number of urea groups is 1. The summed E-state index contributed by atoms with van der Waals surface area (Å²) < 4.78 is 29.8. The molecule has 3 amide bonds. The molecule has 0 aromatic heterocycles. The van der Waals surface area contributed by atoms with E-state index in [1.807, 2.05) is 0 Å². The molecule has 8 nitrogen and oxygen atoms in total. The minimum absolute atomic E-state index is 0.00674. The Hall–Kier alpha value is -3.62. The van der Waals surface area contributed by atoms with Gasteiger partial charge in [0.1, 0.15) is 18.8 Å². The number of hydrogen-bond acceptors (Lipinski definition) is 6. The number of carbonyl (C=O) groups is 3. The number of hydrogen-bond donors (Lipinski definition) is 1. The molecule has 0 bridgehead atoms. The number of Topliss-reactive ketones (excluding diaryl/α,β-unsaturated/α-hetero) is 1. The van der Waals surface area contributed by atoms with Crippen LogP contribution in [0.25, 0.3) is 0 Å². The average Bonchev–Trinajstić information content (AvgIpc) is 2.97. The van der Waals surface area contributed by atoms with Gasteiger partial charge in [-0.3, -0.25) is 14.5 Å². The molecular formula is C21H19FN2O6. The average molecular weight is 414 g/mol.